The molecule has 10 aromatic carbocycles. The van der Waals surface area contributed by atoms with Gasteiger partial charge in [-0.2, -0.15) is 0 Å². The lowest BCUT2D eigenvalue weighted by Crippen LogP contribution is -2.17. The molecule has 0 N–H and O–H groups in total. The van der Waals surface area contributed by atoms with Gasteiger partial charge in [0.15, 0.2) is 0 Å². The van der Waals surface area contributed by atoms with E-state index in [2.05, 4.69) is 240 Å². The van der Waals surface area contributed by atoms with Gasteiger partial charge in [0.1, 0.15) is 0 Å². The monoisotopic (exact) mass is 961 g/mol. The molecule has 0 heterocycles. The molecule has 0 unspecified atom stereocenters. The van der Waals surface area contributed by atoms with Gasteiger partial charge in [-0.25, -0.2) is 0 Å². The van der Waals surface area contributed by atoms with E-state index in [0.717, 1.165) is 0 Å². The molecule has 0 nitrogen and oxygen atoms in total. The van der Waals surface area contributed by atoms with Crippen molar-refractivity contribution in [3.63, 3.8) is 0 Å². The molecule has 0 heteroatoms. The van der Waals surface area contributed by atoms with Gasteiger partial charge in [0.05, 0.1) is 0 Å². The number of aryl methyl sites for hydroxylation is 1. The predicted molar refractivity (Wildman–Crippen MR) is 321 cm³/mol. The summed E-state index contributed by atoms with van der Waals surface area (Å²) in [4.78, 5) is 0. The van der Waals surface area contributed by atoms with Crippen LogP contribution in [0.2, 0.25) is 0 Å². The topological polar surface area (TPSA) is 0 Å². The van der Waals surface area contributed by atoms with Crippen molar-refractivity contribution >= 4 is 32.3 Å². The minimum Gasteiger partial charge on any atom is -0.0683 e. The maximum Gasteiger partial charge on any atom is 0.0165 e. The smallest absolute Gasteiger partial charge is 0.0165 e. The van der Waals surface area contributed by atoms with E-state index in [1.807, 2.05) is 27.7 Å². The zero-order valence-electron chi connectivity index (χ0n) is 46.6. The Kier molecular flexibility index (Phi) is 10.5. The van der Waals surface area contributed by atoms with Gasteiger partial charge in [-0.05, 0) is 175 Å². The van der Waals surface area contributed by atoms with E-state index in [-0.39, 0.29) is 27.1 Å². The fraction of sp³-hybridized carbons (Fsp3) is 0.270. The molecule has 5 aliphatic rings. The van der Waals surface area contributed by atoms with Crippen molar-refractivity contribution in [3.8, 4) is 55.6 Å². The summed E-state index contributed by atoms with van der Waals surface area (Å²) in [7, 11) is 0. The molecule has 74 heavy (non-hydrogen) atoms. The Bertz CT molecular complexity index is 3880. The van der Waals surface area contributed by atoms with Crippen LogP contribution in [-0.4, -0.2) is 0 Å². The third-order valence-electron chi connectivity index (χ3n) is 18.5. The fourth-order valence-electron chi connectivity index (χ4n) is 14.9. The lowest BCUT2D eigenvalue weighted by molar-refractivity contribution is 0.649. The molecule has 5 aliphatic carbocycles. The van der Waals surface area contributed by atoms with Crippen LogP contribution in [0.3, 0.4) is 0 Å². The Hall–Kier alpha value is -7.02. The van der Waals surface area contributed by atoms with Gasteiger partial charge < -0.3 is 0 Å². The molecule has 0 spiro atoms. The summed E-state index contributed by atoms with van der Waals surface area (Å²) >= 11 is 0. The Labute approximate surface area is 441 Å². The molecular formula is C74H72. The summed E-state index contributed by atoms with van der Waals surface area (Å²) in [6, 6.07) is 62.8. The maximum absolute atomic E-state index is 2.54. The molecular weight excluding hydrogens is 889 g/mol. The largest absolute Gasteiger partial charge is 0.0683 e. The molecule has 0 aliphatic heterocycles. The first-order chi connectivity index (χ1) is 35.4. The standard InChI is InChI=1S/C36H28.C34H32.2C2H6/c1-35(2)29-19-17-26-25(31(29)27-15-13-21-9-5-7-11-23(21)33(27)35)18-20-30-32(26)28-16-14-22-10-6-8-12-24(22)34(28)36(30,3)4;1-19-12-13-21-23-16-31-25(18-29(23)33(4,5)27(21)14-19)24-17-28-22(15-30(24)34(31,6)7)20-10-8-9-11-26(20)32(28,2)3;2*1-2/h5-20H,1-4H3;8-18H,1-7H3;2*1-2H3. The number of rotatable bonds is 0. The minimum absolute atomic E-state index is 0.0187. The van der Waals surface area contributed by atoms with Crippen LogP contribution < -0.4 is 0 Å². The van der Waals surface area contributed by atoms with E-state index in [1.165, 1.54) is 149 Å². The second kappa shape index (κ2) is 16.2. The normalized spacial score (nSPS) is 16.6. The molecule has 0 aromatic heterocycles. The molecule has 368 valence electrons. The van der Waals surface area contributed by atoms with Gasteiger partial charge in [-0.3, -0.25) is 0 Å². The van der Waals surface area contributed by atoms with Crippen LogP contribution in [0.4, 0.5) is 0 Å². The van der Waals surface area contributed by atoms with Crippen LogP contribution in [0.15, 0.2) is 164 Å². The third-order valence-corrected chi connectivity index (χ3v) is 18.5. The molecule has 0 saturated carbocycles. The lowest BCUT2D eigenvalue weighted by atomic mass is 9.78. The van der Waals surface area contributed by atoms with Crippen LogP contribution in [0.1, 0.15) is 158 Å². The summed E-state index contributed by atoms with van der Waals surface area (Å²) in [6.07, 6.45) is 0. The number of fused-ring (bicyclic) bond motifs is 22. The Morgan fingerprint density at radius 2 is 0.595 bits per heavy atom. The molecule has 0 fully saturated rings. The van der Waals surface area contributed by atoms with E-state index in [4.69, 9.17) is 0 Å². The first kappa shape index (κ1) is 48.0. The highest BCUT2D eigenvalue weighted by Gasteiger charge is 2.45. The minimum atomic E-state index is -0.0356. The van der Waals surface area contributed by atoms with Crippen LogP contribution in [0.5, 0.6) is 0 Å². The van der Waals surface area contributed by atoms with Crippen molar-refractivity contribution < 1.29 is 0 Å². The SMILES string of the molecule is CC.CC.CC1(C)c2ccc3c4c(ccc3c2-c2ccc3ccccc3c21)C(C)(C)c1c-4ccc2ccccc12.Cc1ccc2c(c1)C(C)(C)c1cc3c(cc1-2)C(C)(C)c1cc2c(cc1-3)C(C)(C)c1ccccc1-2. The predicted octanol–water partition coefficient (Wildman–Crippen LogP) is 20.7. The second-order valence-electron chi connectivity index (χ2n) is 24.1. The van der Waals surface area contributed by atoms with Crippen molar-refractivity contribution in [3.05, 3.63) is 225 Å². The Morgan fingerprint density at radius 3 is 1.05 bits per heavy atom. The van der Waals surface area contributed by atoms with Crippen molar-refractivity contribution in [1.29, 1.82) is 0 Å². The van der Waals surface area contributed by atoms with Crippen LogP contribution >= 0.6 is 0 Å². The number of hydrogen-bond donors (Lipinski definition) is 0. The molecule has 15 rings (SSSR count). The highest BCUT2D eigenvalue weighted by Crippen LogP contribution is 2.61. The zero-order valence-corrected chi connectivity index (χ0v) is 46.6. The van der Waals surface area contributed by atoms with Crippen LogP contribution in [0.25, 0.3) is 88.0 Å². The molecule has 0 atom stereocenters. The van der Waals surface area contributed by atoms with Crippen molar-refractivity contribution in [2.45, 2.75) is 131 Å². The van der Waals surface area contributed by atoms with E-state index >= 15 is 0 Å². The fourth-order valence-corrected chi connectivity index (χ4v) is 14.9. The van der Waals surface area contributed by atoms with Crippen molar-refractivity contribution in [2.24, 2.45) is 0 Å². The van der Waals surface area contributed by atoms with Gasteiger partial charge >= 0.3 is 0 Å². The highest BCUT2D eigenvalue weighted by molar-refractivity contribution is 6.14. The lowest BCUT2D eigenvalue weighted by Gasteiger charge is -2.24. The molecule has 0 saturated heterocycles. The summed E-state index contributed by atoms with van der Waals surface area (Å²) in [5.41, 5.74) is 30.1. The summed E-state index contributed by atoms with van der Waals surface area (Å²) < 4.78 is 0. The number of hydrogen-bond acceptors (Lipinski definition) is 0. The first-order valence-electron chi connectivity index (χ1n) is 27.7. The van der Waals surface area contributed by atoms with Gasteiger partial charge in [0, 0.05) is 27.1 Å². The van der Waals surface area contributed by atoms with E-state index in [9.17, 15) is 0 Å². The molecule has 10 aromatic rings. The van der Waals surface area contributed by atoms with Gasteiger partial charge in [0.25, 0.3) is 0 Å². The molecule has 0 amide bonds. The average molecular weight is 961 g/mol. The summed E-state index contributed by atoms with van der Waals surface area (Å²) in [5, 5.41) is 8.16. The van der Waals surface area contributed by atoms with Gasteiger partial charge in [-0.1, -0.05) is 242 Å². The zero-order chi connectivity index (χ0) is 52.2. The van der Waals surface area contributed by atoms with E-state index in [1.54, 1.807) is 0 Å². The third kappa shape index (κ3) is 6.21. The Morgan fingerprint density at radius 1 is 0.243 bits per heavy atom. The van der Waals surface area contributed by atoms with E-state index in [0.29, 0.717) is 0 Å². The quantitative estimate of drug-likeness (QED) is 0.142. The van der Waals surface area contributed by atoms with Crippen LogP contribution in [0, 0.1) is 6.92 Å². The Balaban J connectivity index is 0.000000141. The van der Waals surface area contributed by atoms with Gasteiger partial charge in [0.2, 0.25) is 0 Å². The van der Waals surface area contributed by atoms with Gasteiger partial charge in [-0.15, -0.1) is 0 Å². The molecule has 0 bridgehead atoms. The van der Waals surface area contributed by atoms with Crippen molar-refractivity contribution in [1.82, 2.24) is 0 Å². The van der Waals surface area contributed by atoms with E-state index < -0.39 is 0 Å². The number of benzene rings is 10. The second-order valence-corrected chi connectivity index (χ2v) is 24.1. The first-order valence-corrected chi connectivity index (χ1v) is 27.7. The summed E-state index contributed by atoms with van der Waals surface area (Å²) in [6.45, 7) is 34.2. The molecule has 0 radical (unpaired) electrons. The van der Waals surface area contributed by atoms with Crippen molar-refractivity contribution in [2.75, 3.05) is 0 Å². The highest BCUT2D eigenvalue weighted by atomic mass is 14.5. The average Bonchev–Trinajstić information content (AvgIpc) is 4.06. The summed E-state index contributed by atoms with van der Waals surface area (Å²) in [5.74, 6) is 0. The van der Waals surface area contributed by atoms with Crippen LogP contribution in [-0.2, 0) is 27.1 Å². The maximum atomic E-state index is 2.54.